The van der Waals surface area contributed by atoms with E-state index in [-0.39, 0.29) is 18.8 Å². The highest BCUT2D eigenvalue weighted by Gasteiger charge is 2.56. The van der Waals surface area contributed by atoms with Gasteiger partial charge in [-0.15, -0.1) is 6.42 Å². The predicted molar refractivity (Wildman–Crippen MR) is 202 cm³/mol. The number of ether oxygens (including phenoxy) is 4. The van der Waals surface area contributed by atoms with E-state index in [1.807, 2.05) is 34.6 Å². The molecule has 0 saturated heterocycles. The van der Waals surface area contributed by atoms with Gasteiger partial charge in [0, 0.05) is 27.9 Å². The summed E-state index contributed by atoms with van der Waals surface area (Å²) < 4.78 is 29.7. The fourth-order valence-corrected chi connectivity index (χ4v) is 6.59. The molecule has 0 bridgehead atoms. The van der Waals surface area contributed by atoms with Crippen LogP contribution in [0.1, 0.15) is 47.3 Å². The third kappa shape index (κ3) is 9.49. The summed E-state index contributed by atoms with van der Waals surface area (Å²) in [6, 6.07) is 16.4. The summed E-state index contributed by atoms with van der Waals surface area (Å²) in [5.74, 6) is 3.01. The van der Waals surface area contributed by atoms with Gasteiger partial charge in [0.2, 0.25) is 12.0 Å². The quantitative estimate of drug-likeness (QED) is 0.0504. The number of aromatic nitrogens is 6. The maximum Gasteiger partial charge on any atom is 0.317 e. The van der Waals surface area contributed by atoms with Crippen molar-refractivity contribution in [2.75, 3.05) is 6.61 Å². The summed E-state index contributed by atoms with van der Waals surface area (Å²) >= 11 is 12.5. The fourth-order valence-electron chi connectivity index (χ4n) is 6.34. The average Bonchev–Trinajstić information content (AvgIpc) is 3.87. The summed E-state index contributed by atoms with van der Waals surface area (Å²) in [5, 5.41) is 33.9. The molecule has 4 atom stereocenters. The molecular weight excluding hydrogens is 755 g/mol. The Morgan fingerprint density at radius 1 is 0.836 bits per heavy atom. The summed E-state index contributed by atoms with van der Waals surface area (Å²) in [5.41, 5.74) is -4.63. The van der Waals surface area contributed by atoms with Crippen molar-refractivity contribution in [1.82, 2.24) is 29.5 Å². The molecule has 0 amide bonds. The van der Waals surface area contributed by atoms with Crippen molar-refractivity contribution in [2.24, 2.45) is 10.8 Å². The zero-order chi connectivity index (χ0) is 40.0. The molecule has 4 unspecified atom stereocenters. The van der Waals surface area contributed by atoms with Crippen molar-refractivity contribution in [2.45, 2.75) is 65.2 Å². The Labute approximate surface area is 326 Å². The Morgan fingerprint density at radius 2 is 1.45 bits per heavy atom. The summed E-state index contributed by atoms with van der Waals surface area (Å²) in [7, 11) is 0. The Bertz CT molecular complexity index is 2100. The van der Waals surface area contributed by atoms with E-state index in [0.717, 1.165) is 12.1 Å². The highest BCUT2D eigenvalue weighted by Crippen LogP contribution is 2.49. The monoisotopic (exact) mass is 792 g/mol. The van der Waals surface area contributed by atoms with Gasteiger partial charge in [-0.2, -0.15) is 10.2 Å². The number of rotatable bonds is 17. The second-order valence-electron chi connectivity index (χ2n) is 14.2. The van der Waals surface area contributed by atoms with E-state index in [2.05, 4.69) is 26.1 Å². The molecule has 5 aromatic rings. The molecule has 5 rings (SSSR count). The summed E-state index contributed by atoms with van der Waals surface area (Å²) in [4.78, 5) is 31.0. The number of halogens is 2. The van der Waals surface area contributed by atoms with Crippen LogP contribution in [-0.4, -0.2) is 58.2 Å². The van der Waals surface area contributed by atoms with Crippen molar-refractivity contribution in [1.29, 1.82) is 0 Å². The third-order valence-electron chi connectivity index (χ3n) is 8.55. The predicted octanol–water partition coefficient (Wildman–Crippen LogP) is 7.93. The van der Waals surface area contributed by atoms with Gasteiger partial charge in [0.25, 0.3) is 5.69 Å². The van der Waals surface area contributed by atoms with Gasteiger partial charge in [-0.05, 0) is 60.0 Å². The minimum Gasteiger partial charge on any atom is -0.477 e. The molecular formula is C37H38Cl2N8O8. The number of nitro benzene ring substituents is 2. The second kappa shape index (κ2) is 16.7. The van der Waals surface area contributed by atoms with Gasteiger partial charge in [0.15, 0.2) is 11.9 Å². The van der Waals surface area contributed by atoms with Crippen LogP contribution in [0.3, 0.4) is 0 Å². The number of benzene rings is 3. The molecule has 0 radical (unpaired) electrons. The largest absolute Gasteiger partial charge is 0.477 e. The van der Waals surface area contributed by atoms with E-state index >= 15 is 0 Å². The first-order valence-corrected chi connectivity index (χ1v) is 17.5. The van der Waals surface area contributed by atoms with E-state index in [9.17, 15) is 20.2 Å². The van der Waals surface area contributed by atoms with E-state index in [0.29, 0.717) is 21.5 Å². The zero-order valence-corrected chi connectivity index (χ0v) is 32.0. The molecule has 2 heterocycles. The van der Waals surface area contributed by atoms with Gasteiger partial charge in [-0.3, -0.25) is 20.2 Å². The van der Waals surface area contributed by atoms with E-state index < -0.39 is 56.2 Å². The lowest BCUT2D eigenvalue weighted by Crippen LogP contribution is -2.60. The first-order chi connectivity index (χ1) is 26.0. The van der Waals surface area contributed by atoms with Crippen LogP contribution in [0.25, 0.3) is 0 Å². The molecule has 2 aromatic heterocycles. The fraction of sp³-hybridized carbons (Fsp3) is 0.351. The van der Waals surface area contributed by atoms with Crippen molar-refractivity contribution in [3.05, 3.63) is 122 Å². The van der Waals surface area contributed by atoms with Crippen LogP contribution in [0.5, 0.6) is 17.2 Å². The standard InChI is InChI=1S/C37H38Cl2N8O8/c1-7-18-52-34(35(2,3)4)37(45-24-41-22-43-45,55-29-15-10-26(39)11-16-29)20-36(5,6)32(54-31-17-12-27(46(48)49)19-30(31)47(50)51)33(44-23-40-21-42-44)53-28-13-8-25(38)9-14-28/h1,8-17,19,21-24,32-34H,18,20H2,2-6H3. The van der Waals surface area contributed by atoms with E-state index in [4.69, 9.17) is 48.6 Å². The summed E-state index contributed by atoms with van der Waals surface area (Å²) in [6.45, 7) is 9.43. The molecule has 3 aromatic carbocycles. The molecule has 16 nitrogen and oxygen atoms in total. The molecule has 0 spiro atoms. The van der Waals surface area contributed by atoms with Gasteiger partial charge >= 0.3 is 5.69 Å². The molecule has 0 aliphatic rings. The van der Waals surface area contributed by atoms with E-state index in [1.54, 1.807) is 48.5 Å². The van der Waals surface area contributed by atoms with Crippen molar-refractivity contribution >= 4 is 34.6 Å². The van der Waals surface area contributed by atoms with Crippen LogP contribution >= 0.6 is 23.2 Å². The van der Waals surface area contributed by atoms with Crippen molar-refractivity contribution in [3.63, 3.8) is 0 Å². The lowest BCUT2D eigenvalue weighted by molar-refractivity contribution is -0.395. The highest BCUT2D eigenvalue weighted by molar-refractivity contribution is 6.30. The lowest BCUT2D eigenvalue weighted by Gasteiger charge is -2.50. The van der Waals surface area contributed by atoms with Gasteiger partial charge in [-0.25, -0.2) is 19.3 Å². The lowest BCUT2D eigenvalue weighted by atomic mass is 9.72. The van der Waals surface area contributed by atoms with Crippen molar-refractivity contribution in [3.8, 4) is 29.6 Å². The average molecular weight is 794 g/mol. The van der Waals surface area contributed by atoms with E-state index in [1.165, 1.54) is 40.7 Å². The molecule has 0 N–H and O–H groups in total. The molecule has 0 saturated carbocycles. The minimum atomic E-state index is -1.58. The van der Waals surface area contributed by atoms with Gasteiger partial charge in [0.05, 0.1) is 15.9 Å². The number of hydrogen-bond acceptors (Lipinski definition) is 12. The topological polar surface area (TPSA) is 185 Å². The zero-order valence-electron chi connectivity index (χ0n) is 30.5. The van der Waals surface area contributed by atoms with Crippen LogP contribution in [0.15, 0.2) is 92.0 Å². The minimum absolute atomic E-state index is 0.0287. The Balaban J connectivity index is 1.77. The second-order valence-corrected chi connectivity index (χ2v) is 15.1. The van der Waals surface area contributed by atoms with Crippen molar-refractivity contribution < 1.29 is 28.8 Å². The number of non-ortho nitro benzene ring substituents is 1. The molecule has 18 heteroatoms. The maximum absolute atomic E-state index is 12.4. The normalized spacial score (nSPS) is 14.5. The van der Waals surface area contributed by atoms with Crippen LogP contribution in [0.2, 0.25) is 10.0 Å². The number of hydrogen-bond donors (Lipinski definition) is 0. The smallest absolute Gasteiger partial charge is 0.317 e. The molecule has 55 heavy (non-hydrogen) atoms. The maximum atomic E-state index is 12.4. The third-order valence-corrected chi connectivity index (χ3v) is 9.06. The van der Waals surface area contributed by atoms with Crippen LogP contribution in [0, 0.1) is 43.4 Å². The first-order valence-electron chi connectivity index (χ1n) is 16.7. The highest BCUT2D eigenvalue weighted by atomic mass is 35.5. The number of nitrogens with zero attached hydrogens (tertiary/aromatic N) is 8. The Kier molecular flexibility index (Phi) is 12.3. The Hall–Kier alpha value is -5.76. The first kappa shape index (κ1) is 40.4. The number of terminal acetylenes is 1. The molecule has 0 aliphatic carbocycles. The Morgan fingerprint density at radius 3 is 1.98 bits per heavy atom. The summed E-state index contributed by atoms with van der Waals surface area (Å²) in [6.07, 6.45) is 7.96. The van der Waals surface area contributed by atoms with Gasteiger partial charge in [-0.1, -0.05) is 63.7 Å². The van der Waals surface area contributed by atoms with Crippen LogP contribution < -0.4 is 14.2 Å². The molecule has 0 aliphatic heterocycles. The van der Waals surface area contributed by atoms with Crippen LogP contribution in [-0.2, 0) is 10.5 Å². The van der Waals surface area contributed by atoms with Gasteiger partial charge < -0.3 is 18.9 Å². The molecule has 0 fully saturated rings. The van der Waals surface area contributed by atoms with Crippen LogP contribution in [0.4, 0.5) is 11.4 Å². The number of nitro groups is 2. The SMILES string of the molecule is C#CCOC(C(C)(C)C)C(CC(C)(C)C(Oc1ccc([N+](=O)[O-])cc1[N+](=O)[O-])C(Oc1ccc(Cl)cc1)n1cncn1)(Oc1ccc(Cl)cc1)n1cncn1. The van der Waals surface area contributed by atoms with Gasteiger partial charge in [0.1, 0.15) is 49.5 Å². The molecule has 288 valence electrons.